The van der Waals surface area contributed by atoms with Crippen LogP contribution in [0.25, 0.3) is 0 Å². The van der Waals surface area contributed by atoms with Gasteiger partial charge in [0.25, 0.3) is 5.91 Å². The lowest BCUT2D eigenvalue weighted by molar-refractivity contribution is -0.119. The molecule has 1 saturated carbocycles. The lowest BCUT2D eigenvalue weighted by atomic mass is 10.1. The van der Waals surface area contributed by atoms with Crippen molar-refractivity contribution in [3.05, 3.63) is 45.8 Å². The molecule has 6 nitrogen and oxygen atoms in total. The molecule has 1 fully saturated rings. The molecule has 3 rings (SSSR count). The number of carbonyl (C=O) groups excluding carboxylic acids is 3. The van der Waals surface area contributed by atoms with Crippen molar-refractivity contribution in [3.8, 4) is 0 Å². The highest BCUT2D eigenvalue weighted by molar-refractivity contribution is 7.16. The van der Waals surface area contributed by atoms with E-state index in [0.717, 1.165) is 28.8 Å². The van der Waals surface area contributed by atoms with Crippen LogP contribution in [0.5, 0.6) is 0 Å². The first kappa shape index (κ1) is 19.1. The van der Waals surface area contributed by atoms with E-state index in [0.29, 0.717) is 16.3 Å². The molecule has 1 heterocycles. The fourth-order valence-corrected chi connectivity index (χ4v) is 3.61. The van der Waals surface area contributed by atoms with E-state index < -0.39 is 18.5 Å². The van der Waals surface area contributed by atoms with E-state index in [2.05, 4.69) is 10.6 Å². The number of benzene rings is 1. The normalized spacial score (nSPS) is 13.1. The fourth-order valence-electron chi connectivity index (χ4n) is 2.56. The molecule has 0 saturated heterocycles. The number of aryl methyl sites for hydroxylation is 2. The molecule has 2 aromatic rings. The van der Waals surface area contributed by atoms with Gasteiger partial charge in [-0.25, -0.2) is 4.79 Å². The summed E-state index contributed by atoms with van der Waals surface area (Å²) in [6.45, 7) is 5.25. The van der Waals surface area contributed by atoms with Crippen molar-refractivity contribution in [1.29, 1.82) is 0 Å². The van der Waals surface area contributed by atoms with Crippen LogP contribution in [-0.4, -0.2) is 24.4 Å². The van der Waals surface area contributed by atoms with Crippen LogP contribution >= 0.6 is 11.3 Å². The molecule has 142 valence electrons. The molecule has 1 aliphatic rings. The average molecular weight is 386 g/mol. The van der Waals surface area contributed by atoms with E-state index >= 15 is 0 Å². The zero-order valence-electron chi connectivity index (χ0n) is 15.5. The lowest BCUT2D eigenvalue weighted by Gasteiger charge is -2.09. The molecule has 27 heavy (non-hydrogen) atoms. The van der Waals surface area contributed by atoms with Gasteiger partial charge in [0.2, 0.25) is 5.91 Å². The summed E-state index contributed by atoms with van der Waals surface area (Å²) in [4.78, 5) is 37.5. The third-order valence-corrected chi connectivity index (χ3v) is 5.57. The largest absolute Gasteiger partial charge is 0.452 e. The number of thiophene rings is 1. The molecular formula is C20H22N2O4S. The summed E-state index contributed by atoms with van der Waals surface area (Å²) < 4.78 is 5.18. The maximum atomic E-state index is 12.5. The van der Waals surface area contributed by atoms with Gasteiger partial charge in [-0.3, -0.25) is 9.59 Å². The van der Waals surface area contributed by atoms with Crippen LogP contribution in [-0.2, 0) is 14.3 Å². The maximum Gasteiger partial charge on any atom is 0.341 e. The monoisotopic (exact) mass is 386 g/mol. The van der Waals surface area contributed by atoms with Crippen molar-refractivity contribution in [2.75, 3.05) is 17.2 Å². The molecule has 0 atom stereocenters. The van der Waals surface area contributed by atoms with Crippen molar-refractivity contribution in [1.82, 2.24) is 0 Å². The van der Waals surface area contributed by atoms with Crippen LogP contribution in [0.15, 0.2) is 24.3 Å². The summed E-state index contributed by atoms with van der Waals surface area (Å²) in [5.74, 6) is -1.05. The number of esters is 1. The van der Waals surface area contributed by atoms with Crippen molar-refractivity contribution < 1.29 is 19.1 Å². The molecule has 2 N–H and O–H groups in total. The number of hydrogen-bond donors (Lipinski definition) is 2. The van der Waals surface area contributed by atoms with Crippen LogP contribution in [0.1, 0.15) is 39.2 Å². The van der Waals surface area contributed by atoms with Gasteiger partial charge in [0.1, 0.15) is 5.00 Å². The Morgan fingerprint density at radius 1 is 1.07 bits per heavy atom. The molecule has 0 aliphatic heterocycles. The second-order valence-corrected chi connectivity index (χ2v) is 7.97. The van der Waals surface area contributed by atoms with Crippen LogP contribution < -0.4 is 10.6 Å². The smallest absolute Gasteiger partial charge is 0.341 e. The quantitative estimate of drug-likeness (QED) is 0.739. The number of amides is 2. The van der Waals surface area contributed by atoms with Gasteiger partial charge in [0.15, 0.2) is 6.61 Å². The first-order valence-corrected chi connectivity index (χ1v) is 9.61. The topological polar surface area (TPSA) is 84.5 Å². The van der Waals surface area contributed by atoms with Gasteiger partial charge < -0.3 is 15.4 Å². The number of nitrogens with one attached hydrogen (secondary N) is 2. The SMILES string of the molecule is Cc1ccc(NC(=O)COC(=O)c2c(NC(=O)C3CC3)sc(C)c2C)cc1. The predicted octanol–water partition coefficient (Wildman–Crippen LogP) is 3.82. The Hall–Kier alpha value is -2.67. The minimum absolute atomic E-state index is 0.0388. The summed E-state index contributed by atoms with van der Waals surface area (Å²) >= 11 is 1.35. The minimum atomic E-state index is -0.609. The molecule has 1 aliphatic carbocycles. The van der Waals surface area contributed by atoms with Crippen LogP contribution in [0.2, 0.25) is 0 Å². The third-order valence-electron chi connectivity index (χ3n) is 4.44. The van der Waals surface area contributed by atoms with Crippen molar-refractivity contribution in [3.63, 3.8) is 0 Å². The Morgan fingerprint density at radius 3 is 2.37 bits per heavy atom. The molecule has 1 aromatic carbocycles. The molecule has 1 aromatic heterocycles. The van der Waals surface area contributed by atoms with Gasteiger partial charge in [-0.1, -0.05) is 17.7 Å². The number of carbonyl (C=O) groups is 3. The molecule has 2 amide bonds. The number of hydrogen-bond acceptors (Lipinski definition) is 5. The van der Waals surface area contributed by atoms with Crippen LogP contribution in [0.4, 0.5) is 10.7 Å². The highest BCUT2D eigenvalue weighted by Gasteiger charge is 2.31. The van der Waals surface area contributed by atoms with Gasteiger partial charge in [-0.05, 0) is 51.3 Å². The van der Waals surface area contributed by atoms with Crippen molar-refractivity contribution in [2.24, 2.45) is 5.92 Å². The zero-order chi connectivity index (χ0) is 19.6. The Bertz CT molecular complexity index is 882. The predicted molar refractivity (Wildman–Crippen MR) is 105 cm³/mol. The second-order valence-electron chi connectivity index (χ2n) is 6.74. The fraction of sp³-hybridized carbons (Fsp3) is 0.350. The van der Waals surface area contributed by atoms with E-state index in [1.807, 2.05) is 32.9 Å². The Labute approximate surface area is 161 Å². The lowest BCUT2D eigenvalue weighted by Crippen LogP contribution is -2.22. The van der Waals surface area contributed by atoms with E-state index in [9.17, 15) is 14.4 Å². The van der Waals surface area contributed by atoms with Gasteiger partial charge in [-0.15, -0.1) is 11.3 Å². The van der Waals surface area contributed by atoms with E-state index in [-0.39, 0.29) is 11.8 Å². The maximum absolute atomic E-state index is 12.5. The van der Waals surface area contributed by atoms with Gasteiger partial charge in [0, 0.05) is 16.5 Å². The standard InChI is InChI=1S/C20H22N2O4S/c1-11-4-8-15(9-5-11)21-16(23)10-26-20(25)17-12(2)13(3)27-19(17)22-18(24)14-6-7-14/h4-5,8-9,14H,6-7,10H2,1-3H3,(H,21,23)(H,22,24). The Morgan fingerprint density at radius 2 is 1.74 bits per heavy atom. The van der Waals surface area contributed by atoms with Gasteiger partial charge in [-0.2, -0.15) is 0 Å². The first-order chi connectivity index (χ1) is 12.8. The second kappa shape index (κ2) is 7.92. The van der Waals surface area contributed by atoms with E-state index in [1.54, 1.807) is 12.1 Å². The number of rotatable bonds is 6. The van der Waals surface area contributed by atoms with Gasteiger partial charge >= 0.3 is 5.97 Å². The highest BCUT2D eigenvalue weighted by Crippen LogP contribution is 2.36. The summed E-state index contributed by atoms with van der Waals surface area (Å²) in [5.41, 5.74) is 2.81. The molecular weight excluding hydrogens is 364 g/mol. The summed E-state index contributed by atoms with van der Waals surface area (Å²) in [6.07, 6.45) is 1.77. The molecule has 0 unspecified atom stereocenters. The minimum Gasteiger partial charge on any atom is -0.452 e. The summed E-state index contributed by atoms with van der Waals surface area (Å²) in [7, 11) is 0. The van der Waals surface area contributed by atoms with Crippen LogP contribution in [0, 0.1) is 26.7 Å². The summed E-state index contributed by atoms with van der Waals surface area (Å²) in [6, 6.07) is 7.34. The van der Waals surface area contributed by atoms with Crippen molar-refractivity contribution in [2.45, 2.75) is 33.6 Å². The molecule has 0 radical (unpaired) electrons. The molecule has 0 bridgehead atoms. The van der Waals surface area contributed by atoms with Gasteiger partial charge in [0.05, 0.1) is 5.56 Å². The number of anilines is 2. The molecule has 0 spiro atoms. The zero-order valence-corrected chi connectivity index (χ0v) is 16.4. The first-order valence-electron chi connectivity index (χ1n) is 8.79. The van der Waals surface area contributed by atoms with E-state index in [1.165, 1.54) is 11.3 Å². The number of ether oxygens (including phenoxy) is 1. The van der Waals surface area contributed by atoms with E-state index in [4.69, 9.17) is 4.74 Å². The Balaban J connectivity index is 1.62. The third kappa shape index (κ3) is 4.74. The highest BCUT2D eigenvalue weighted by atomic mass is 32.1. The van der Waals surface area contributed by atoms with Crippen LogP contribution in [0.3, 0.4) is 0 Å². The molecule has 7 heteroatoms. The van der Waals surface area contributed by atoms with Crippen molar-refractivity contribution >= 4 is 39.8 Å². The average Bonchev–Trinajstić information content (AvgIpc) is 3.43. The summed E-state index contributed by atoms with van der Waals surface area (Å²) in [5, 5.41) is 6.00. The Kier molecular flexibility index (Phi) is 5.60.